The van der Waals surface area contributed by atoms with Gasteiger partial charge >= 0.3 is 0 Å². The third-order valence-electron chi connectivity index (χ3n) is 2.73. The number of benzene rings is 1. The van der Waals surface area contributed by atoms with E-state index in [1.54, 1.807) is 13.2 Å². The molecule has 0 unspecified atom stereocenters. The molecule has 0 aliphatic heterocycles. The molecule has 0 radical (unpaired) electrons. The molecule has 0 bridgehead atoms. The Morgan fingerprint density at radius 2 is 1.81 bits per heavy atom. The zero-order valence-electron chi connectivity index (χ0n) is 11.1. The largest absolute Gasteiger partial charge is 0.372 e. The molecule has 5 nitrogen and oxygen atoms in total. The number of hydrogen-bond donors (Lipinski definition) is 2. The normalized spacial score (nSPS) is 11.4. The van der Waals surface area contributed by atoms with E-state index in [1.807, 2.05) is 24.3 Å². The second-order valence-corrected chi connectivity index (χ2v) is 7.77. The van der Waals surface area contributed by atoms with Gasteiger partial charge in [-0.05, 0) is 39.7 Å². The van der Waals surface area contributed by atoms with Crippen LogP contribution in [0.15, 0.2) is 50.4 Å². The van der Waals surface area contributed by atoms with Crippen LogP contribution in [0.25, 0.3) is 0 Å². The first-order valence-electron chi connectivity index (χ1n) is 6.00. The minimum Gasteiger partial charge on any atom is -0.372 e. The molecular formula is C13H13Br2N3O2S. The summed E-state index contributed by atoms with van der Waals surface area (Å²) in [5, 5.41) is 2.78. The monoisotopic (exact) mass is 433 g/mol. The minimum absolute atomic E-state index is 0.108. The van der Waals surface area contributed by atoms with Gasteiger partial charge in [0.05, 0.1) is 0 Å². The van der Waals surface area contributed by atoms with Crippen LogP contribution in [0.1, 0.15) is 5.56 Å². The van der Waals surface area contributed by atoms with Gasteiger partial charge in [-0.25, -0.2) is 18.1 Å². The molecule has 2 rings (SSSR count). The van der Waals surface area contributed by atoms with E-state index < -0.39 is 10.0 Å². The molecule has 21 heavy (non-hydrogen) atoms. The number of rotatable bonds is 5. The summed E-state index contributed by atoms with van der Waals surface area (Å²) in [7, 11) is -2.02. The summed E-state index contributed by atoms with van der Waals surface area (Å²) in [5.41, 5.74) is 0.871. The first-order chi connectivity index (χ1) is 9.92. The lowest BCUT2D eigenvalue weighted by atomic mass is 10.2. The lowest BCUT2D eigenvalue weighted by molar-refractivity contribution is 0.581. The Morgan fingerprint density at radius 3 is 2.43 bits per heavy atom. The molecule has 0 atom stereocenters. The zero-order chi connectivity index (χ0) is 15.5. The molecule has 1 aromatic carbocycles. The Balaban J connectivity index is 2.22. The summed E-state index contributed by atoms with van der Waals surface area (Å²) in [4.78, 5) is 4.15. The van der Waals surface area contributed by atoms with Crippen LogP contribution in [0.5, 0.6) is 0 Å². The van der Waals surface area contributed by atoms with Crippen molar-refractivity contribution in [1.29, 1.82) is 0 Å². The Morgan fingerprint density at radius 1 is 1.14 bits per heavy atom. The molecule has 0 aliphatic carbocycles. The molecule has 1 aromatic heterocycles. The number of hydrogen-bond acceptors (Lipinski definition) is 4. The first-order valence-corrected chi connectivity index (χ1v) is 9.07. The number of aromatic nitrogens is 1. The highest BCUT2D eigenvalue weighted by Crippen LogP contribution is 2.22. The molecule has 0 spiro atoms. The van der Waals surface area contributed by atoms with Gasteiger partial charge in [0.2, 0.25) is 10.0 Å². The van der Waals surface area contributed by atoms with Crippen LogP contribution >= 0.6 is 31.9 Å². The molecule has 2 N–H and O–H groups in total. The summed E-state index contributed by atoms with van der Waals surface area (Å²) in [6, 6.07) is 8.95. The van der Waals surface area contributed by atoms with Gasteiger partial charge in [-0.15, -0.1) is 0 Å². The Labute approximate surface area is 140 Å². The number of anilines is 1. The fraction of sp³-hybridized carbons (Fsp3) is 0.154. The van der Waals surface area contributed by atoms with Gasteiger partial charge in [0.15, 0.2) is 0 Å². The number of halogens is 2. The highest BCUT2D eigenvalue weighted by molar-refractivity contribution is 9.10. The molecule has 1 heterocycles. The molecule has 0 amide bonds. The topological polar surface area (TPSA) is 71.1 Å². The van der Waals surface area contributed by atoms with E-state index >= 15 is 0 Å². The van der Waals surface area contributed by atoms with Crippen molar-refractivity contribution in [3.8, 4) is 0 Å². The van der Waals surface area contributed by atoms with E-state index in [4.69, 9.17) is 0 Å². The molecule has 0 aliphatic rings. The maximum absolute atomic E-state index is 12.4. The lowest BCUT2D eigenvalue weighted by Gasteiger charge is -2.11. The van der Waals surface area contributed by atoms with Gasteiger partial charge in [0.25, 0.3) is 0 Å². The Hall–Kier alpha value is -0.960. The predicted molar refractivity (Wildman–Crippen MR) is 89.7 cm³/mol. The van der Waals surface area contributed by atoms with Gasteiger partial charge < -0.3 is 5.32 Å². The summed E-state index contributed by atoms with van der Waals surface area (Å²) in [5.74, 6) is 0.307. The van der Waals surface area contributed by atoms with Crippen molar-refractivity contribution in [2.24, 2.45) is 0 Å². The standard InChI is InChI=1S/C13H13Br2N3O2S/c1-16-13-12(6-11(15)8-17-13)21(19,20)18-7-9-2-4-10(14)5-3-9/h2-6,8,18H,7H2,1H3,(H,16,17). The first kappa shape index (κ1) is 16.4. The fourth-order valence-electron chi connectivity index (χ4n) is 1.67. The maximum atomic E-state index is 12.4. The summed E-state index contributed by atoms with van der Waals surface area (Å²) < 4.78 is 28.9. The molecular weight excluding hydrogens is 422 g/mol. The minimum atomic E-state index is -3.65. The van der Waals surface area contributed by atoms with Crippen LogP contribution in [0.4, 0.5) is 5.82 Å². The lowest BCUT2D eigenvalue weighted by Crippen LogP contribution is -2.24. The number of nitrogens with zero attached hydrogens (tertiary/aromatic N) is 1. The van der Waals surface area contributed by atoms with Crippen LogP contribution in [0, 0.1) is 0 Å². The van der Waals surface area contributed by atoms with E-state index in [1.165, 1.54) is 6.07 Å². The molecule has 0 saturated carbocycles. The Kier molecular flexibility index (Phi) is 5.37. The highest BCUT2D eigenvalue weighted by Gasteiger charge is 2.19. The van der Waals surface area contributed by atoms with Crippen molar-refractivity contribution in [3.05, 3.63) is 51.0 Å². The van der Waals surface area contributed by atoms with Crippen molar-refractivity contribution in [2.75, 3.05) is 12.4 Å². The smallest absolute Gasteiger partial charge is 0.244 e. The van der Waals surface area contributed by atoms with Gasteiger partial charge in [-0.2, -0.15) is 0 Å². The van der Waals surface area contributed by atoms with E-state index in [0.29, 0.717) is 10.3 Å². The van der Waals surface area contributed by atoms with Crippen LogP contribution in [-0.4, -0.2) is 20.4 Å². The maximum Gasteiger partial charge on any atom is 0.244 e. The predicted octanol–water partition coefficient (Wildman–Crippen LogP) is 3.13. The quantitative estimate of drug-likeness (QED) is 0.758. The number of pyridine rings is 1. The fourth-order valence-corrected chi connectivity index (χ4v) is 3.62. The number of nitrogens with one attached hydrogen (secondary N) is 2. The van der Waals surface area contributed by atoms with Crippen molar-refractivity contribution >= 4 is 47.7 Å². The van der Waals surface area contributed by atoms with Crippen LogP contribution in [-0.2, 0) is 16.6 Å². The highest BCUT2D eigenvalue weighted by atomic mass is 79.9. The molecule has 8 heteroatoms. The zero-order valence-corrected chi connectivity index (χ0v) is 15.1. The van der Waals surface area contributed by atoms with Gasteiger partial charge in [-0.3, -0.25) is 0 Å². The summed E-state index contributed by atoms with van der Waals surface area (Å²) in [6.07, 6.45) is 1.54. The van der Waals surface area contributed by atoms with Gasteiger partial charge in [-0.1, -0.05) is 28.1 Å². The van der Waals surface area contributed by atoms with E-state index in [2.05, 4.69) is 46.9 Å². The SMILES string of the molecule is CNc1ncc(Br)cc1S(=O)(=O)NCc1ccc(Br)cc1. The van der Waals surface area contributed by atoms with Crippen LogP contribution in [0.2, 0.25) is 0 Å². The second-order valence-electron chi connectivity index (χ2n) is 4.20. The van der Waals surface area contributed by atoms with Crippen molar-refractivity contribution in [2.45, 2.75) is 11.4 Å². The summed E-state index contributed by atoms with van der Waals surface area (Å²) >= 11 is 6.57. The molecule has 0 saturated heterocycles. The van der Waals surface area contributed by atoms with E-state index in [-0.39, 0.29) is 11.4 Å². The molecule has 112 valence electrons. The molecule has 0 fully saturated rings. The van der Waals surface area contributed by atoms with Crippen molar-refractivity contribution in [1.82, 2.24) is 9.71 Å². The molecule has 2 aromatic rings. The average molecular weight is 435 g/mol. The van der Waals surface area contributed by atoms with Gasteiger partial charge in [0.1, 0.15) is 10.7 Å². The van der Waals surface area contributed by atoms with Crippen LogP contribution < -0.4 is 10.0 Å². The van der Waals surface area contributed by atoms with E-state index in [0.717, 1.165) is 10.0 Å². The summed E-state index contributed by atoms with van der Waals surface area (Å²) in [6.45, 7) is 0.214. The third-order valence-corrected chi connectivity index (χ3v) is 5.10. The average Bonchev–Trinajstić information content (AvgIpc) is 2.47. The van der Waals surface area contributed by atoms with Crippen molar-refractivity contribution in [3.63, 3.8) is 0 Å². The van der Waals surface area contributed by atoms with Crippen molar-refractivity contribution < 1.29 is 8.42 Å². The second kappa shape index (κ2) is 6.87. The van der Waals surface area contributed by atoms with Crippen LogP contribution in [0.3, 0.4) is 0 Å². The van der Waals surface area contributed by atoms with Gasteiger partial charge in [0, 0.05) is 28.7 Å². The Bertz CT molecular complexity index is 734. The number of sulfonamides is 1. The third kappa shape index (κ3) is 4.26. The van der Waals surface area contributed by atoms with E-state index in [9.17, 15) is 8.42 Å².